The molecule has 0 spiro atoms. The number of aliphatic carboxylic acids is 1. The summed E-state index contributed by atoms with van der Waals surface area (Å²) in [7, 11) is -3.94. The number of phenols is 2. The van der Waals surface area contributed by atoms with E-state index in [2.05, 4.69) is 0 Å². The van der Waals surface area contributed by atoms with E-state index < -0.39 is 33.1 Å². The number of benzene rings is 1. The zero-order valence-electron chi connectivity index (χ0n) is 12.2. The molecule has 0 aliphatic carbocycles. The lowest BCUT2D eigenvalue weighted by Gasteiger charge is -2.43. The average molecular weight is 371 g/mol. The van der Waals surface area contributed by atoms with Crippen molar-refractivity contribution in [3.63, 3.8) is 0 Å². The second-order valence-electron chi connectivity index (χ2n) is 5.40. The van der Waals surface area contributed by atoms with E-state index in [1.807, 2.05) is 0 Å². The maximum atomic E-state index is 12.5. The van der Waals surface area contributed by atoms with Crippen molar-refractivity contribution in [3.8, 4) is 11.5 Å². The number of carbonyl (C=O) groups excluding carboxylic acids is 1. The summed E-state index contributed by atoms with van der Waals surface area (Å²) in [6, 6.07) is 3.07. The van der Waals surface area contributed by atoms with Crippen molar-refractivity contribution < 1.29 is 33.3 Å². The predicted molar refractivity (Wildman–Crippen MR) is 84.2 cm³/mol. The fraction of sp³-hybridized carbons (Fsp3) is 0.286. The van der Waals surface area contributed by atoms with Gasteiger partial charge >= 0.3 is 5.97 Å². The highest BCUT2D eigenvalue weighted by Crippen LogP contribution is 2.40. The van der Waals surface area contributed by atoms with E-state index in [-0.39, 0.29) is 39.6 Å². The zero-order chi connectivity index (χ0) is 17.6. The van der Waals surface area contributed by atoms with Crippen LogP contribution in [-0.4, -0.2) is 57.4 Å². The zero-order valence-corrected chi connectivity index (χ0v) is 13.8. The highest BCUT2D eigenvalue weighted by molar-refractivity contribution is 8.00. The van der Waals surface area contributed by atoms with E-state index in [1.165, 1.54) is 11.8 Å². The standard InChI is InChI=1S/C14H13NO7S2/c16-9-2-1-8(3-10(9)17)24(21,22)6-7-5-23-12-4-11(18)15(12)13(7)14(19)20/h1-3,12,16-17H,4-6H2,(H,19,20). The first-order chi connectivity index (χ1) is 11.2. The lowest BCUT2D eigenvalue weighted by Crippen LogP contribution is -2.54. The third kappa shape index (κ3) is 2.71. The average Bonchev–Trinajstić information content (AvgIpc) is 2.49. The van der Waals surface area contributed by atoms with Crippen LogP contribution < -0.4 is 0 Å². The number of rotatable bonds is 4. The predicted octanol–water partition coefficient (Wildman–Crippen LogP) is 0.515. The fourth-order valence-corrected chi connectivity index (χ4v) is 5.42. The van der Waals surface area contributed by atoms with Gasteiger partial charge in [0.2, 0.25) is 5.91 Å². The Labute approximate surface area is 141 Å². The molecular weight excluding hydrogens is 358 g/mol. The van der Waals surface area contributed by atoms with Crippen LogP contribution >= 0.6 is 11.8 Å². The number of amides is 1. The van der Waals surface area contributed by atoms with Gasteiger partial charge < -0.3 is 15.3 Å². The third-order valence-corrected chi connectivity index (χ3v) is 6.78. The van der Waals surface area contributed by atoms with Crippen molar-refractivity contribution in [1.82, 2.24) is 4.90 Å². The molecule has 0 radical (unpaired) electrons. The Morgan fingerprint density at radius 1 is 1.29 bits per heavy atom. The van der Waals surface area contributed by atoms with Crippen molar-refractivity contribution in [2.75, 3.05) is 11.5 Å². The fourth-order valence-electron chi connectivity index (χ4n) is 2.60. The van der Waals surface area contributed by atoms with Gasteiger partial charge in [-0.15, -0.1) is 11.8 Å². The molecule has 1 atom stereocenters. The molecule has 1 aromatic carbocycles. The van der Waals surface area contributed by atoms with E-state index in [0.29, 0.717) is 0 Å². The number of hydrogen-bond acceptors (Lipinski definition) is 7. The largest absolute Gasteiger partial charge is 0.504 e. The maximum absolute atomic E-state index is 12.5. The van der Waals surface area contributed by atoms with Crippen LogP contribution in [-0.2, 0) is 19.4 Å². The van der Waals surface area contributed by atoms with Crippen LogP contribution in [0.5, 0.6) is 11.5 Å². The van der Waals surface area contributed by atoms with Gasteiger partial charge in [0, 0.05) is 11.8 Å². The summed E-state index contributed by atoms with van der Waals surface area (Å²) in [5, 5.41) is 27.8. The van der Waals surface area contributed by atoms with Gasteiger partial charge in [0.25, 0.3) is 0 Å². The van der Waals surface area contributed by atoms with Crippen LogP contribution in [0.4, 0.5) is 0 Å². The molecule has 1 fully saturated rings. The lowest BCUT2D eigenvalue weighted by molar-refractivity contribution is -0.146. The lowest BCUT2D eigenvalue weighted by atomic mass is 10.1. The minimum Gasteiger partial charge on any atom is -0.504 e. The number of sulfone groups is 1. The highest BCUT2D eigenvalue weighted by Gasteiger charge is 2.45. The molecule has 3 N–H and O–H groups in total. The van der Waals surface area contributed by atoms with Crippen LogP contribution in [0.3, 0.4) is 0 Å². The van der Waals surface area contributed by atoms with Crippen LogP contribution in [0.2, 0.25) is 0 Å². The summed E-state index contributed by atoms with van der Waals surface area (Å²) in [4.78, 5) is 24.0. The van der Waals surface area contributed by atoms with Crippen LogP contribution in [0, 0.1) is 0 Å². The molecule has 8 nitrogen and oxygen atoms in total. The Morgan fingerprint density at radius 3 is 2.58 bits per heavy atom. The number of fused-ring (bicyclic) bond motifs is 1. The SMILES string of the molecule is O=C(O)C1=C(CS(=O)(=O)c2ccc(O)c(O)c2)CSC2CC(=O)N12. The molecule has 1 aromatic rings. The molecule has 0 aromatic heterocycles. The second kappa shape index (κ2) is 5.71. The van der Waals surface area contributed by atoms with Crippen molar-refractivity contribution >= 4 is 33.5 Å². The molecule has 1 unspecified atom stereocenters. The van der Waals surface area contributed by atoms with Gasteiger partial charge in [0.05, 0.1) is 22.4 Å². The Morgan fingerprint density at radius 2 is 2.00 bits per heavy atom. The van der Waals surface area contributed by atoms with Crippen molar-refractivity contribution in [1.29, 1.82) is 0 Å². The van der Waals surface area contributed by atoms with E-state index in [4.69, 9.17) is 0 Å². The van der Waals surface area contributed by atoms with Gasteiger partial charge in [-0.2, -0.15) is 0 Å². The van der Waals surface area contributed by atoms with E-state index >= 15 is 0 Å². The van der Waals surface area contributed by atoms with Crippen molar-refractivity contribution in [2.45, 2.75) is 16.7 Å². The van der Waals surface area contributed by atoms with E-state index in [1.54, 1.807) is 0 Å². The first-order valence-electron chi connectivity index (χ1n) is 6.84. The topological polar surface area (TPSA) is 132 Å². The molecule has 1 saturated heterocycles. The van der Waals surface area contributed by atoms with E-state index in [9.17, 15) is 33.3 Å². The normalized spacial score (nSPS) is 20.6. The molecule has 24 heavy (non-hydrogen) atoms. The molecule has 1 amide bonds. The van der Waals surface area contributed by atoms with E-state index in [0.717, 1.165) is 23.1 Å². The van der Waals surface area contributed by atoms with Crippen LogP contribution in [0.1, 0.15) is 6.42 Å². The number of hydrogen-bond donors (Lipinski definition) is 3. The Bertz CT molecular complexity index is 875. The summed E-state index contributed by atoms with van der Waals surface area (Å²) >= 11 is 1.32. The molecular formula is C14H13NO7S2. The van der Waals surface area contributed by atoms with Gasteiger partial charge in [-0.3, -0.25) is 9.69 Å². The first kappa shape index (κ1) is 16.7. The third-order valence-electron chi connectivity index (χ3n) is 3.80. The molecule has 2 heterocycles. The Hall–Kier alpha value is -2.20. The summed E-state index contributed by atoms with van der Waals surface area (Å²) in [6.07, 6.45) is 0.243. The van der Waals surface area contributed by atoms with Crippen molar-refractivity contribution in [3.05, 3.63) is 29.5 Å². The number of β-lactam (4-membered cyclic amide) rings is 1. The maximum Gasteiger partial charge on any atom is 0.352 e. The molecule has 2 aliphatic heterocycles. The number of carboxylic acid groups (broad SMARTS) is 1. The smallest absolute Gasteiger partial charge is 0.352 e. The monoisotopic (exact) mass is 371 g/mol. The molecule has 3 rings (SSSR count). The number of carbonyl (C=O) groups is 2. The van der Waals surface area contributed by atoms with Crippen LogP contribution in [0.25, 0.3) is 0 Å². The molecule has 0 bridgehead atoms. The summed E-state index contributed by atoms with van der Waals surface area (Å²) < 4.78 is 25.0. The number of carboxylic acids is 1. The van der Waals surface area contributed by atoms with Crippen LogP contribution in [0.15, 0.2) is 34.4 Å². The molecule has 2 aliphatic rings. The highest BCUT2D eigenvalue weighted by atomic mass is 32.2. The number of thioether (sulfide) groups is 1. The minimum absolute atomic E-state index is 0.129. The number of nitrogens with zero attached hydrogens (tertiary/aromatic N) is 1. The molecule has 0 saturated carbocycles. The van der Waals surface area contributed by atoms with Gasteiger partial charge in [-0.1, -0.05) is 0 Å². The Kier molecular flexibility index (Phi) is 3.96. The summed E-state index contributed by atoms with van der Waals surface area (Å²) in [5.74, 6) is -3.11. The van der Waals surface area contributed by atoms with Gasteiger partial charge in [0.15, 0.2) is 21.3 Å². The minimum atomic E-state index is -3.94. The van der Waals surface area contributed by atoms with Crippen molar-refractivity contribution in [2.24, 2.45) is 0 Å². The second-order valence-corrected chi connectivity index (χ2v) is 8.56. The van der Waals surface area contributed by atoms with Gasteiger partial charge in [0.1, 0.15) is 5.70 Å². The number of aromatic hydroxyl groups is 2. The summed E-state index contributed by atoms with van der Waals surface area (Å²) in [6.45, 7) is 0. The molecule has 128 valence electrons. The van der Waals surface area contributed by atoms with Gasteiger partial charge in [-0.05, 0) is 17.7 Å². The molecule has 10 heteroatoms. The first-order valence-corrected chi connectivity index (χ1v) is 9.54. The number of phenolic OH excluding ortho intramolecular Hbond substituents is 2. The Balaban J connectivity index is 1.98. The summed E-state index contributed by atoms with van der Waals surface area (Å²) in [5.41, 5.74) is -0.147. The quantitative estimate of drug-likeness (QED) is 0.515. The van der Waals surface area contributed by atoms with Gasteiger partial charge in [-0.25, -0.2) is 13.2 Å².